The van der Waals surface area contributed by atoms with E-state index in [0.717, 1.165) is 25.7 Å². The molecule has 0 unspecified atom stereocenters. The van der Waals surface area contributed by atoms with Gasteiger partial charge in [-0.15, -0.1) is 0 Å². The molecule has 2 nitrogen and oxygen atoms in total. The molecule has 0 bridgehead atoms. The van der Waals surface area contributed by atoms with Gasteiger partial charge in [0.2, 0.25) is 0 Å². The fourth-order valence-corrected chi connectivity index (χ4v) is 1.81. The van der Waals surface area contributed by atoms with Gasteiger partial charge in [-0.1, -0.05) is 45.4 Å². The molecule has 0 aliphatic heterocycles. The minimum absolute atomic E-state index is 0.734. The van der Waals surface area contributed by atoms with Crippen molar-refractivity contribution >= 4 is 6.29 Å². The Balaban J connectivity index is 2.85. The summed E-state index contributed by atoms with van der Waals surface area (Å²) in [5.74, 6) is 0. The summed E-state index contributed by atoms with van der Waals surface area (Å²) in [4.78, 5) is 10.1. The Morgan fingerprint density at radius 1 is 0.812 bits per heavy atom. The predicted octanol–water partition coefficient (Wildman–Crippen LogP) is 3.70. The molecule has 0 atom stereocenters. The van der Waals surface area contributed by atoms with E-state index >= 15 is 0 Å². The van der Waals surface area contributed by atoms with E-state index in [0.29, 0.717) is 0 Å². The van der Waals surface area contributed by atoms with Gasteiger partial charge in [0.05, 0.1) is 0 Å². The molecule has 0 rings (SSSR count). The lowest BCUT2D eigenvalue weighted by Gasteiger charge is -2.04. The molecule has 0 amide bonds. The van der Waals surface area contributed by atoms with E-state index in [1.165, 1.54) is 57.9 Å². The second-order valence-corrected chi connectivity index (χ2v) is 4.53. The summed E-state index contributed by atoms with van der Waals surface area (Å²) in [5, 5.41) is 3.46. The van der Waals surface area contributed by atoms with Crippen molar-refractivity contribution in [3.05, 3.63) is 0 Å². The smallest absolute Gasteiger partial charge is 0.119 e. The highest BCUT2D eigenvalue weighted by Gasteiger charge is 1.91. The molecule has 0 aliphatic carbocycles. The first kappa shape index (κ1) is 15.6. The molecule has 0 aliphatic rings. The normalized spacial score (nSPS) is 10.6. The number of aldehydes is 1. The van der Waals surface area contributed by atoms with Gasteiger partial charge in [-0.05, 0) is 32.4 Å². The van der Waals surface area contributed by atoms with Crippen molar-refractivity contribution < 1.29 is 4.79 Å². The Kier molecular flexibility index (Phi) is 14.3. The lowest BCUT2D eigenvalue weighted by atomic mass is 10.1. The van der Waals surface area contributed by atoms with Crippen LogP contribution in [0.1, 0.15) is 71.1 Å². The lowest BCUT2D eigenvalue weighted by molar-refractivity contribution is -0.107. The van der Waals surface area contributed by atoms with Crippen molar-refractivity contribution in [2.75, 3.05) is 13.1 Å². The minimum atomic E-state index is 0.734. The first-order valence-electron chi connectivity index (χ1n) is 7.06. The Hall–Kier alpha value is -0.370. The fourth-order valence-electron chi connectivity index (χ4n) is 1.81. The summed E-state index contributed by atoms with van der Waals surface area (Å²) in [6, 6.07) is 0. The van der Waals surface area contributed by atoms with E-state index in [9.17, 15) is 4.79 Å². The first-order valence-corrected chi connectivity index (χ1v) is 7.06. The van der Waals surface area contributed by atoms with Crippen molar-refractivity contribution in [3.63, 3.8) is 0 Å². The van der Waals surface area contributed by atoms with E-state index in [4.69, 9.17) is 0 Å². The van der Waals surface area contributed by atoms with Crippen LogP contribution in [0.25, 0.3) is 0 Å². The third-order valence-electron chi connectivity index (χ3n) is 2.88. The fraction of sp³-hybridized carbons (Fsp3) is 0.929. The molecule has 0 saturated heterocycles. The van der Waals surface area contributed by atoms with Gasteiger partial charge in [0.25, 0.3) is 0 Å². The van der Waals surface area contributed by atoms with Gasteiger partial charge < -0.3 is 10.1 Å². The maximum absolute atomic E-state index is 10.1. The van der Waals surface area contributed by atoms with Crippen LogP contribution < -0.4 is 5.32 Å². The van der Waals surface area contributed by atoms with Crippen LogP contribution in [0.5, 0.6) is 0 Å². The Bertz CT molecular complexity index is 137. The highest BCUT2D eigenvalue weighted by atomic mass is 16.1. The molecule has 96 valence electrons. The first-order chi connectivity index (χ1) is 7.91. The van der Waals surface area contributed by atoms with Gasteiger partial charge in [-0.2, -0.15) is 0 Å². The number of nitrogens with one attached hydrogen (secondary N) is 1. The monoisotopic (exact) mass is 227 g/mol. The molecule has 2 heteroatoms. The van der Waals surface area contributed by atoms with E-state index < -0.39 is 0 Å². The van der Waals surface area contributed by atoms with Crippen molar-refractivity contribution in [3.8, 4) is 0 Å². The maximum atomic E-state index is 10.1. The van der Waals surface area contributed by atoms with Crippen LogP contribution in [0.2, 0.25) is 0 Å². The number of carbonyl (C=O) groups excluding carboxylic acids is 1. The number of unbranched alkanes of at least 4 members (excludes halogenated alkanes) is 8. The van der Waals surface area contributed by atoms with Gasteiger partial charge in [0.15, 0.2) is 0 Å². The van der Waals surface area contributed by atoms with Gasteiger partial charge in [0, 0.05) is 6.42 Å². The summed E-state index contributed by atoms with van der Waals surface area (Å²) in [7, 11) is 0. The zero-order valence-corrected chi connectivity index (χ0v) is 11.0. The molecule has 0 aromatic heterocycles. The van der Waals surface area contributed by atoms with Crippen molar-refractivity contribution in [1.29, 1.82) is 0 Å². The maximum Gasteiger partial charge on any atom is 0.119 e. The van der Waals surface area contributed by atoms with Crippen LogP contribution >= 0.6 is 0 Å². The van der Waals surface area contributed by atoms with Crippen molar-refractivity contribution in [1.82, 2.24) is 5.32 Å². The molecule has 16 heavy (non-hydrogen) atoms. The molecule has 0 aromatic carbocycles. The third kappa shape index (κ3) is 13.6. The Morgan fingerprint density at radius 2 is 1.38 bits per heavy atom. The SMILES string of the molecule is CCCCCCCCNCCCCCC=O. The average Bonchev–Trinajstić information content (AvgIpc) is 2.31. The van der Waals surface area contributed by atoms with Gasteiger partial charge in [-0.3, -0.25) is 0 Å². The highest BCUT2D eigenvalue weighted by molar-refractivity contribution is 5.48. The van der Waals surface area contributed by atoms with E-state index in [1.54, 1.807) is 0 Å². The number of carbonyl (C=O) groups is 1. The Morgan fingerprint density at radius 3 is 2.00 bits per heavy atom. The Labute approximate surface area is 101 Å². The average molecular weight is 227 g/mol. The zero-order chi connectivity index (χ0) is 11.9. The van der Waals surface area contributed by atoms with Crippen LogP contribution in [0.4, 0.5) is 0 Å². The van der Waals surface area contributed by atoms with Crippen LogP contribution in [0, 0.1) is 0 Å². The summed E-state index contributed by atoms with van der Waals surface area (Å²) in [6.45, 7) is 4.54. The molecular weight excluding hydrogens is 198 g/mol. The van der Waals surface area contributed by atoms with E-state index in [2.05, 4.69) is 12.2 Å². The highest BCUT2D eigenvalue weighted by Crippen LogP contribution is 2.04. The molecule has 0 saturated carbocycles. The second kappa shape index (κ2) is 14.6. The predicted molar refractivity (Wildman–Crippen MR) is 70.8 cm³/mol. The second-order valence-electron chi connectivity index (χ2n) is 4.53. The summed E-state index contributed by atoms with van der Waals surface area (Å²) in [6.07, 6.45) is 13.4. The summed E-state index contributed by atoms with van der Waals surface area (Å²) < 4.78 is 0. The topological polar surface area (TPSA) is 29.1 Å². The molecule has 0 radical (unpaired) electrons. The quantitative estimate of drug-likeness (QED) is 0.384. The van der Waals surface area contributed by atoms with Gasteiger partial charge >= 0.3 is 0 Å². The molecular formula is C14H29NO. The number of rotatable bonds is 13. The van der Waals surface area contributed by atoms with Crippen molar-refractivity contribution in [2.45, 2.75) is 71.1 Å². The largest absolute Gasteiger partial charge is 0.317 e. The molecule has 1 N–H and O–H groups in total. The van der Waals surface area contributed by atoms with E-state index in [1.807, 2.05) is 0 Å². The molecule has 0 heterocycles. The van der Waals surface area contributed by atoms with E-state index in [-0.39, 0.29) is 0 Å². The van der Waals surface area contributed by atoms with Crippen LogP contribution in [-0.4, -0.2) is 19.4 Å². The summed E-state index contributed by atoms with van der Waals surface area (Å²) >= 11 is 0. The van der Waals surface area contributed by atoms with Crippen LogP contribution in [0.15, 0.2) is 0 Å². The third-order valence-corrected chi connectivity index (χ3v) is 2.88. The number of hydrogen-bond acceptors (Lipinski definition) is 2. The molecule has 0 aromatic rings. The zero-order valence-electron chi connectivity index (χ0n) is 11.0. The van der Waals surface area contributed by atoms with Crippen molar-refractivity contribution in [2.24, 2.45) is 0 Å². The van der Waals surface area contributed by atoms with Crippen LogP contribution in [-0.2, 0) is 4.79 Å². The van der Waals surface area contributed by atoms with Crippen LogP contribution in [0.3, 0.4) is 0 Å². The molecule has 0 fully saturated rings. The standard InChI is InChI=1S/C14H29NO/c1-2-3-4-5-6-9-12-15-13-10-7-8-11-14-16/h14-15H,2-13H2,1H3. The lowest BCUT2D eigenvalue weighted by Crippen LogP contribution is -2.16. The minimum Gasteiger partial charge on any atom is -0.317 e. The molecule has 0 spiro atoms. The number of hydrogen-bond donors (Lipinski definition) is 1. The van der Waals surface area contributed by atoms with Gasteiger partial charge in [-0.25, -0.2) is 0 Å². The van der Waals surface area contributed by atoms with Gasteiger partial charge in [0.1, 0.15) is 6.29 Å². The summed E-state index contributed by atoms with van der Waals surface area (Å²) in [5.41, 5.74) is 0.